The summed E-state index contributed by atoms with van der Waals surface area (Å²) in [5.74, 6) is 1.11. The van der Waals surface area contributed by atoms with Crippen LogP contribution >= 0.6 is 0 Å². The molecule has 2 aliphatic rings. The molecule has 2 atom stereocenters. The lowest BCUT2D eigenvalue weighted by atomic mass is 10.0. The molecule has 0 radical (unpaired) electrons. The normalized spacial score (nSPS) is 29.5. The Kier molecular flexibility index (Phi) is 4.62. The lowest BCUT2D eigenvalue weighted by molar-refractivity contribution is 0.178. The fourth-order valence-corrected chi connectivity index (χ4v) is 5.33. The highest BCUT2D eigenvalue weighted by Crippen LogP contribution is 2.20. The third kappa shape index (κ3) is 4.28. The zero-order chi connectivity index (χ0) is 14.7. The first-order chi connectivity index (χ1) is 10.1. The van der Waals surface area contributed by atoms with Crippen LogP contribution < -0.4 is 5.32 Å². The Bertz CT molecular complexity index is 559. The van der Waals surface area contributed by atoms with Gasteiger partial charge in [0.15, 0.2) is 9.84 Å². The molecule has 2 fully saturated rings. The van der Waals surface area contributed by atoms with Crippen LogP contribution in [0.25, 0.3) is 0 Å². The molecule has 116 valence electrons. The molecule has 3 rings (SSSR count). The van der Waals surface area contributed by atoms with Crippen molar-refractivity contribution in [3.8, 4) is 0 Å². The summed E-state index contributed by atoms with van der Waals surface area (Å²) >= 11 is 0. The SMILES string of the molecule is O=S1(=O)CCC(CN2CCNC(Cc3ccccc3)C2)C1. The number of hydrogen-bond acceptors (Lipinski definition) is 4. The molecule has 0 spiro atoms. The van der Waals surface area contributed by atoms with Crippen LogP contribution in [-0.2, 0) is 16.3 Å². The molecule has 0 bridgehead atoms. The molecule has 1 aromatic rings. The van der Waals surface area contributed by atoms with Gasteiger partial charge in [0, 0.05) is 32.2 Å². The summed E-state index contributed by atoms with van der Waals surface area (Å²) in [6.45, 7) is 3.98. The summed E-state index contributed by atoms with van der Waals surface area (Å²) in [5, 5.41) is 3.58. The summed E-state index contributed by atoms with van der Waals surface area (Å²) < 4.78 is 23.1. The first kappa shape index (κ1) is 15.0. The number of piperazine rings is 1. The third-order valence-electron chi connectivity index (χ3n) is 4.51. The largest absolute Gasteiger partial charge is 0.311 e. The fourth-order valence-electron chi connectivity index (χ4n) is 3.48. The van der Waals surface area contributed by atoms with Gasteiger partial charge in [-0.1, -0.05) is 30.3 Å². The van der Waals surface area contributed by atoms with Crippen LogP contribution in [0.5, 0.6) is 0 Å². The summed E-state index contributed by atoms with van der Waals surface area (Å²) in [7, 11) is -2.75. The molecule has 0 amide bonds. The summed E-state index contributed by atoms with van der Waals surface area (Å²) in [4.78, 5) is 2.44. The van der Waals surface area contributed by atoms with E-state index in [2.05, 4.69) is 34.5 Å². The lowest BCUT2D eigenvalue weighted by Gasteiger charge is -2.35. The molecule has 0 saturated carbocycles. The van der Waals surface area contributed by atoms with E-state index >= 15 is 0 Å². The quantitative estimate of drug-likeness (QED) is 0.899. The van der Waals surface area contributed by atoms with Crippen molar-refractivity contribution >= 4 is 9.84 Å². The molecule has 2 aliphatic heterocycles. The second kappa shape index (κ2) is 6.46. The van der Waals surface area contributed by atoms with Crippen LogP contribution in [-0.4, -0.2) is 57.0 Å². The molecule has 2 heterocycles. The highest BCUT2D eigenvalue weighted by Gasteiger charge is 2.30. The van der Waals surface area contributed by atoms with Gasteiger partial charge in [-0.2, -0.15) is 0 Å². The van der Waals surface area contributed by atoms with Gasteiger partial charge in [0.2, 0.25) is 0 Å². The molecule has 2 saturated heterocycles. The Morgan fingerprint density at radius 1 is 1.24 bits per heavy atom. The number of sulfone groups is 1. The standard InChI is InChI=1S/C16H24N2O2S/c19-21(20)9-6-15(13-21)11-18-8-7-17-16(12-18)10-14-4-2-1-3-5-14/h1-5,15-17H,6-13H2. The van der Waals surface area contributed by atoms with Crippen LogP contribution in [0.15, 0.2) is 30.3 Å². The van der Waals surface area contributed by atoms with Gasteiger partial charge in [-0.25, -0.2) is 8.42 Å². The fraction of sp³-hybridized carbons (Fsp3) is 0.625. The minimum absolute atomic E-state index is 0.338. The topological polar surface area (TPSA) is 49.4 Å². The van der Waals surface area contributed by atoms with E-state index in [0.717, 1.165) is 39.0 Å². The number of rotatable bonds is 4. The van der Waals surface area contributed by atoms with E-state index in [0.29, 0.717) is 23.5 Å². The molecule has 5 heteroatoms. The van der Waals surface area contributed by atoms with E-state index in [1.807, 2.05) is 6.07 Å². The maximum absolute atomic E-state index is 11.6. The van der Waals surface area contributed by atoms with Crippen molar-refractivity contribution in [2.45, 2.75) is 18.9 Å². The van der Waals surface area contributed by atoms with Gasteiger partial charge < -0.3 is 10.2 Å². The minimum Gasteiger partial charge on any atom is -0.311 e. The van der Waals surface area contributed by atoms with E-state index in [4.69, 9.17) is 0 Å². The van der Waals surface area contributed by atoms with E-state index in [1.54, 1.807) is 0 Å². The van der Waals surface area contributed by atoms with Crippen molar-refractivity contribution in [3.05, 3.63) is 35.9 Å². The van der Waals surface area contributed by atoms with Crippen molar-refractivity contribution in [2.24, 2.45) is 5.92 Å². The van der Waals surface area contributed by atoms with Gasteiger partial charge in [0.1, 0.15) is 0 Å². The Morgan fingerprint density at radius 2 is 2.05 bits per heavy atom. The average Bonchev–Trinajstić information content (AvgIpc) is 2.79. The molecule has 21 heavy (non-hydrogen) atoms. The first-order valence-corrected chi connectivity index (χ1v) is 9.63. The van der Waals surface area contributed by atoms with Crippen molar-refractivity contribution in [1.29, 1.82) is 0 Å². The molecule has 0 aromatic heterocycles. The predicted molar refractivity (Wildman–Crippen MR) is 85.1 cm³/mol. The van der Waals surface area contributed by atoms with Gasteiger partial charge in [0.25, 0.3) is 0 Å². The van der Waals surface area contributed by atoms with Crippen LogP contribution in [0.2, 0.25) is 0 Å². The maximum Gasteiger partial charge on any atom is 0.150 e. The monoisotopic (exact) mass is 308 g/mol. The molecule has 0 aliphatic carbocycles. The van der Waals surface area contributed by atoms with Crippen LogP contribution in [0.1, 0.15) is 12.0 Å². The Hall–Kier alpha value is -0.910. The summed E-state index contributed by atoms with van der Waals surface area (Å²) in [6.07, 6.45) is 1.88. The van der Waals surface area contributed by atoms with Gasteiger partial charge in [-0.05, 0) is 24.3 Å². The number of nitrogens with zero attached hydrogens (tertiary/aromatic N) is 1. The van der Waals surface area contributed by atoms with Crippen molar-refractivity contribution in [3.63, 3.8) is 0 Å². The Balaban J connectivity index is 1.52. The molecule has 4 nitrogen and oxygen atoms in total. The predicted octanol–water partition coefficient (Wildman–Crippen LogP) is 0.938. The Morgan fingerprint density at radius 3 is 2.76 bits per heavy atom. The summed E-state index contributed by atoms with van der Waals surface area (Å²) in [5.41, 5.74) is 1.36. The Labute approximate surface area is 127 Å². The third-order valence-corrected chi connectivity index (χ3v) is 6.34. The van der Waals surface area contributed by atoms with E-state index in [9.17, 15) is 8.42 Å². The van der Waals surface area contributed by atoms with Gasteiger partial charge in [0.05, 0.1) is 11.5 Å². The molecular weight excluding hydrogens is 284 g/mol. The number of benzene rings is 1. The second-order valence-electron chi connectivity index (χ2n) is 6.37. The highest BCUT2D eigenvalue weighted by molar-refractivity contribution is 7.91. The molecule has 1 N–H and O–H groups in total. The van der Waals surface area contributed by atoms with Crippen LogP contribution in [0.3, 0.4) is 0 Å². The molecular formula is C16H24N2O2S. The van der Waals surface area contributed by atoms with Gasteiger partial charge in [-0.3, -0.25) is 0 Å². The molecule has 2 unspecified atom stereocenters. The van der Waals surface area contributed by atoms with E-state index in [1.165, 1.54) is 5.56 Å². The van der Waals surface area contributed by atoms with Crippen LogP contribution in [0, 0.1) is 5.92 Å². The van der Waals surface area contributed by atoms with Gasteiger partial charge >= 0.3 is 0 Å². The zero-order valence-corrected chi connectivity index (χ0v) is 13.2. The van der Waals surface area contributed by atoms with Gasteiger partial charge in [-0.15, -0.1) is 0 Å². The minimum atomic E-state index is -2.75. The van der Waals surface area contributed by atoms with Crippen molar-refractivity contribution in [1.82, 2.24) is 10.2 Å². The smallest absolute Gasteiger partial charge is 0.150 e. The lowest BCUT2D eigenvalue weighted by Crippen LogP contribution is -2.52. The first-order valence-electron chi connectivity index (χ1n) is 7.81. The van der Waals surface area contributed by atoms with E-state index < -0.39 is 9.84 Å². The average molecular weight is 308 g/mol. The number of hydrogen-bond donors (Lipinski definition) is 1. The number of nitrogens with one attached hydrogen (secondary N) is 1. The highest BCUT2D eigenvalue weighted by atomic mass is 32.2. The maximum atomic E-state index is 11.6. The van der Waals surface area contributed by atoms with Crippen molar-refractivity contribution < 1.29 is 8.42 Å². The second-order valence-corrected chi connectivity index (χ2v) is 8.60. The summed E-state index contributed by atoms with van der Waals surface area (Å²) in [6, 6.07) is 11.0. The van der Waals surface area contributed by atoms with Crippen molar-refractivity contribution in [2.75, 3.05) is 37.7 Å². The molecule has 1 aromatic carbocycles. The van der Waals surface area contributed by atoms with Crippen LogP contribution in [0.4, 0.5) is 0 Å². The van der Waals surface area contributed by atoms with E-state index in [-0.39, 0.29) is 0 Å². The zero-order valence-electron chi connectivity index (χ0n) is 12.4.